The van der Waals surface area contributed by atoms with Gasteiger partial charge in [-0.05, 0) is 61.1 Å². The number of amides is 3. The molecule has 7 nitrogen and oxygen atoms in total. The molecular formula is C25H25N5O2S. The minimum Gasteiger partial charge on any atom is -0.339 e. The summed E-state index contributed by atoms with van der Waals surface area (Å²) in [7, 11) is 0. The number of benzene rings is 2. The predicted octanol–water partition coefficient (Wildman–Crippen LogP) is 4.66. The third-order valence-corrected chi connectivity index (χ3v) is 6.69. The molecule has 1 aliphatic rings. The van der Waals surface area contributed by atoms with E-state index < -0.39 is 0 Å². The van der Waals surface area contributed by atoms with Crippen LogP contribution in [0.15, 0.2) is 54.0 Å². The van der Waals surface area contributed by atoms with Crippen LogP contribution in [-0.4, -0.2) is 34.9 Å². The monoisotopic (exact) mass is 459 g/mol. The molecule has 8 heteroatoms. The van der Waals surface area contributed by atoms with Gasteiger partial charge < -0.3 is 15.5 Å². The van der Waals surface area contributed by atoms with Crippen molar-refractivity contribution in [1.29, 1.82) is 5.26 Å². The maximum Gasteiger partial charge on any atom is 0.319 e. The van der Waals surface area contributed by atoms with Crippen molar-refractivity contribution in [3.63, 3.8) is 0 Å². The van der Waals surface area contributed by atoms with E-state index in [4.69, 9.17) is 5.26 Å². The number of aromatic nitrogens is 1. The molecule has 2 N–H and O–H groups in total. The van der Waals surface area contributed by atoms with Crippen molar-refractivity contribution >= 4 is 29.0 Å². The Labute approximate surface area is 197 Å². The van der Waals surface area contributed by atoms with Gasteiger partial charge >= 0.3 is 6.03 Å². The molecule has 0 atom stereocenters. The topological polar surface area (TPSA) is 98.1 Å². The van der Waals surface area contributed by atoms with Crippen LogP contribution >= 0.6 is 11.3 Å². The molecule has 0 bridgehead atoms. The lowest BCUT2D eigenvalue weighted by molar-refractivity contribution is 0.0713. The number of urea groups is 1. The average Bonchev–Trinajstić information content (AvgIpc) is 3.38. The second-order valence-electron chi connectivity index (χ2n) is 8.06. The molecule has 0 radical (unpaired) electrons. The molecule has 0 unspecified atom stereocenters. The summed E-state index contributed by atoms with van der Waals surface area (Å²) in [5.74, 6) is 0.359. The van der Waals surface area contributed by atoms with E-state index in [-0.39, 0.29) is 11.9 Å². The number of nitrogens with zero attached hydrogens (tertiary/aromatic N) is 3. The highest BCUT2D eigenvalue weighted by molar-refractivity contribution is 7.09. The van der Waals surface area contributed by atoms with Crippen LogP contribution in [-0.2, 0) is 6.54 Å². The van der Waals surface area contributed by atoms with Crippen molar-refractivity contribution in [3.05, 3.63) is 81.3 Å². The maximum atomic E-state index is 13.1. The van der Waals surface area contributed by atoms with Gasteiger partial charge in [-0.2, -0.15) is 5.26 Å². The van der Waals surface area contributed by atoms with Crippen molar-refractivity contribution in [2.75, 3.05) is 18.4 Å². The van der Waals surface area contributed by atoms with Crippen LogP contribution in [0.25, 0.3) is 0 Å². The first kappa shape index (κ1) is 22.5. The fourth-order valence-corrected chi connectivity index (χ4v) is 4.54. The summed E-state index contributed by atoms with van der Waals surface area (Å²) in [6, 6.07) is 14.9. The largest absolute Gasteiger partial charge is 0.339 e. The Morgan fingerprint density at radius 2 is 1.94 bits per heavy atom. The number of carbonyl (C=O) groups is 2. The molecule has 1 aromatic heterocycles. The number of aryl methyl sites for hydroxylation is 1. The molecule has 33 heavy (non-hydrogen) atoms. The van der Waals surface area contributed by atoms with Gasteiger partial charge in [0, 0.05) is 35.9 Å². The summed E-state index contributed by atoms with van der Waals surface area (Å²) in [5, 5.41) is 17.3. The Morgan fingerprint density at radius 1 is 1.18 bits per heavy atom. The van der Waals surface area contributed by atoms with Gasteiger partial charge in [-0.1, -0.05) is 18.2 Å². The first-order chi connectivity index (χ1) is 16.0. The fraction of sp³-hybridized carbons (Fsp3) is 0.280. The smallest absolute Gasteiger partial charge is 0.319 e. The number of hydrogen-bond acceptors (Lipinski definition) is 5. The molecule has 2 heterocycles. The summed E-state index contributed by atoms with van der Waals surface area (Å²) in [5.41, 5.74) is 3.94. The molecule has 2 aromatic carbocycles. The second kappa shape index (κ2) is 10.3. The van der Waals surface area contributed by atoms with E-state index in [0.29, 0.717) is 42.4 Å². The standard InChI is InChI=1S/C25H25N5O2S/c1-17-2-5-21(14-22(17)29-25(32)28-16-23-27-10-13-33-23)24(31)30-11-8-20(9-12-30)19-6-3-18(15-26)4-7-19/h2-7,10,13-14,20H,8-9,11-12,16H2,1H3,(H2,28,29,32). The lowest BCUT2D eigenvalue weighted by Gasteiger charge is -2.32. The van der Waals surface area contributed by atoms with Crippen molar-refractivity contribution in [2.45, 2.75) is 32.2 Å². The Hall–Kier alpha value is -3.70. The number of hydrogen-bond donors (Lipinski definition) is 2. The van der Waals surface area contributed by atoms with Crippen LogP contribution in [0, 0.1) is 18.3 Å². The van der Waals surface area contributed by atoms with E-state index in [1.807, 2.05) is 53.6 Å². The van der Waals surface area contributed by atoms with Gasteiger partial charge in [0.2, 0.25) is 0 Å². The number of thiazole rings is 1. The van der Waals surface area contributed by atoms with Crippen molar-refractivity contribution in [3.8, 4) is 6.07 Å². The molecule has 168 valence electrons. The van der Waals surface area contributed by atoms with E-state index in [2.05, 4.69) is 21.7 Å². The molecule has 1 saturated heterocycles. The Balaban J connectivity index is 1.35. The number of likely N-dealkylation sites (tertiary alicyclic amines) is 1. The molecule has 3 aromatic rings. The van der Waals surface area contributed by atoms with Crippen LogP contribution in [0.4, 0.5) is 10.5 Å². The quantitative estimate of drug-likeness (QED) is 0.579. The maximum absolute atomic E-state index is 13.1. The molecule has 3 amide bonds. The predicted molar refractivity (Wildman–Crippen MR) is 128 cm³/mol. The zero-order valence-electron chi connectivity index (χ0n) is 18.4. The van der Waals surface area contributed by atoms with Crippen LogP contribution in [0.2, 0.25) is 0 Å². The van der Waals surface area contributed by atoms with E-state index in [9.17, 15) is 9.59 Å². The number of carbonyl (C=O) groups excluding carboxylic acids is 2. The highest BCUT2D eigenvalue weighted by Gasteiger charge is 2.25. The van der Waals surface area contributed by atoms with Gasteiger partial charge in [-0.25, -0.2) is 9.78 Å². The van der Waals surface area contributed by atoms with Gasteiger partial charge in [0.05, 0.1) is 18.2 Å². The van der Waals surface area contributed by atoms with Gasteiger partial charge in [-0.15, -0.1) is 11.3 Å². The van der Waals surface area contributed by atoms with Crippen LogP contribution < -0.4 is 10.6 Å². The number of rotatable bonds is 5. The van der Waals surface area contributed by atoms with Crippen LogP contribution in [0.3, 0.4) is 0 Å². The highest BCUT2D eigenvalue weighted by atomic mass is 32.1. The third-order valence-electron chi connectivity index (χ3n) is 5.91. The molecule has 1 aliphatic heterocycles. The van der Waals surface area contributed by atoms with E-state index >= 15 is 0 Å². The van der Waals surface area contributed by atoms with Gasteiger partial charge in [-0.3, -0.25) is 4.79 Å². The minimum absolute atomic E-state index is 0.0282. The van der Waals surface area contributed by atoms with E-state index in [0.717, 1.165) is 23.4 Å². The zero-order chi connectivity index (χ0) is 23.2. The van der Waals surface area contributed by atoms with Gasteiger partial charge in [0.1, 0.15) is 5.01 Å². The molecular weight excluding hydrogens is 434 g/mol. The summed E-state index contributed by atoms with van der Waals surface area (Å²) in [6.07, 6.45) is 3.47. The lowest BCUT2D eigenvalue weighted by atomic mass is 9.89. The normalized spacial score (nSPS) is 13.9. The number of nitrogens with one attached hydrogen (secondary N) is 2. The first-order valence-electron chi connectivity index (χ1n) is 10.9. The van der Waals surface area contributed by atoms with Gasteiger partial charge in [0.25, 0.3) is 5.91 Å². The molecule has 0 aliphatic carbocycles. The Bertz CT molecular complexity index is 1160. The van der Waals surface area contributed by atoms with Crippen LogP contribution in [0.5, 0.6) is 0 Å². The average molecular weight is 460 g/mol. The number of nitriles is 1. The SMILES string of the molecule is Cc1ccc(C(=O)N2CCC(c3ccc(C#N)cc3)CC2)cc1NC(=O)NCc1nccs1. The molecule has 0 saturated carbocycles. The number of anilines is 1. The molecule has 4 rings (SSSR count). The summed E-state index contributed by atoms with van der Waals surface area (Å²) < 4.78 is 0. The fourth-order valence-electron chi connectivity index (χ4n) is 3.98. The van der Waals surface area contributed by atoms with E-state index in [1.54, 1.807) is 12.3 Å². The summed E-state index contributed by atoms with van der Waals surface area (Å²) in [6.45, 7) is 3.60. The Morgan fingerprint density at radius 3 is 2.61 bits per heavy atom. The van der Waals surface area contributed by atoms with Gasteiger partial charge in [0.15, 0.2) is 0 Å². The first-order valence-corrected chi connectivity index (χ1v) is 11.7. The van der Waals surface area contributed by atoms with E-state index in [1.165, 1.54) is 16.9 Å². The zero-order valence-corrected chi connectivity index (χ0v) is 19.2. The summed E-state index contributed by atoms with van der Waals surface area (Å²) in [4.78, 5) is 31.4. The minimum atomic E-state index is -0.332. The molecule has 1 fully saturated rings. The Kier molecular flexibility index (Phi) is 7.01. The second-order valence-corrected chi connectivity index (χ2v) is 9.04. The summed E-state index contributed by atoms with van der Waals surface area (Å²) >= 11 is 1.48. The number of piperidine rings is 1. The highest BCUT2D eigenvalue weighted by Crippen LogP contribution is 2.29. The van der Waals surface area contributed by atoms with Crippen molar-refractivity contribution in [2.24, 2.45) is 0 Å². The van der Waals surface area contributed by atoms with Crippen molar-refractivity contribution in [1.82, 2.24) is 15.2 Å². The lowest BCUT2D eigenvalue weighted by Crippen LogP contribution is -2.38. The third kappa shape index (κ3) is 5.57. The molecule has 0 spiro atoms. The van der Waals surface area contributed by atoms with Crippen LogP contribution in [0.1, 0.15) is 50.8 Å². The van der Waals surface area contributed by atoms with Crippen molar-refractivity contribution < 1.29 is 9.59 Å².